The van der Waals surface area contributed by atoms with Crippen LogP contribution in [0.25, 0.3) is 0 Å². The number of benzene rings is 2. The molecule has 1 saturated carbocycles. The highest BCUT2D eigenvalue weighted by molar-refractivity contribution is 5.57. The monoisotopic (exact) mass is 339 g/mol. The van der Waals surface area contributed by atoms with Crippen molar-refractivity contribution in [2.45, 2.75) is 43.8 Å². The van der Waals surface area contributed by atoms with Crippen molar-refractivity contribution >= 4 is 5.69 Å². The molecule has 0 amide bonds. The minimum absolute atomic E-state index is 0.178. The summed E-state index contributed by atoms with van der Waals surface area (Å²) in [5, 5.41) is 0. The van der Waals surface area contributed by atoms with Gasteiger partial charge in [-0.2, -0.15) is 0 Å². The van der Waals surface area contributed by atoms with Gasteiger partial charge in [0.2, 0.25) is 0 Å². The summed E-state index contributed by atoms with van der Waals surface area (Å²) < 4.78 is 18.0. The number of hydrogen-bond donors (Lipinski definition) is 1. The fraction of sp³-hybridized carbons (Fsp3) is 0.429. The second kappa shape index (κ2) is 6.60. The summed E-state index contributed by atoms with van der Waals surface area (Å²) >= 11 is 0. The summed E-state index contributed by atoms with van der Waals surface area (Å²) in [4.78, 5) is 0. The zero-order chi connectivity index (χ0) is 17.4. The molecule has 4 heteroatoms. The first-order valence-corrected chi connectivity index (χ1v) is 8.98. The zero-order valence-corrected chi connectivity index (χ0v) is 14.8. The quantitative estimate of drug-likeness (QED) is 0.841. The van der Waals surface area contributed by atoms with Crippen LogP contribution in [0.1, 0.15) is 54.4 Å². The summed E-state index contributed by atoms with van der Waals surface area (Å²) in [7, 11) is 3.45. The Morgan fingerprint density at radius 1 is 0.960 bits per heavy atom. The molecule has 25 heavy (non-hydrogen) atoms. The van der Waals surface area contributed by atoms with Crippen molar-refractivity contribution in [3.8, 4) is 11.5 Å². The van der Waals surface area contributed by atoms with Gasteiger partial charge in [0.25, 0.3) is 0 Å². The summed E-state index contributed by atoms with van der Waals surface area (Å²) in [6.45, 7) is 0. The van der Waals surface area contributed by atoms with Crippen molar-refractivity contribution in [3.63, 3.8) is 0 Å². The van der Waals surface area contributed by atoms with Gasteiger partial charge in [0.15, 0.2) is 0 Å². The van der Waals surface area contributed by atoms with Crippen LogP contribution in [0.4, 0.5) is 5.69 Å². The number of nitrogen functional groups attached to an aromatic ring is 1. The molecule has 4 nitrogen and oxygen atoms in total. The van der Waals surface area contributed by atoms with Crippen LogP contribution in [0.3, 0.4) is 0 Å². The lowest BCUT2D eigenvalue weighted by atomic mass is 9.75. The minimum atomic E-state index is -0.178. The molecule has 0 saturated heterocycles. The maximum Gasteiger partial charge on any atom is 0.125 e. The third-order valence-corrected chi connectivity index (χ3v) is 5.51. The first-order valence-electron chi connectivity index (χ1n) is 8.98. The molecule has 0 radical (unpaired) electrons. The van der Waals surface area contributed by atoms with E-state index in [4.69, 9.17) is 19.9 Å². The highest BCUT2D eigenvalue weighted by atomic mass is 16.5. The van der Waals surface area contributed by atoms with E-state index in [0.29, 0.717) is 5.92 Å². The minimum Gasteiger partial charge on any atom is -0.496 e. The molecule has 1 heterocycles. The van der Waals surface area contributed by atoms with Gasteiger partial charge < -0.3 is 19.9 Å². The number of rotatable bonds is 3. The first-order chi connectivity index (χ1) is 12.2. The van der Waals surface area contributed by atoms with Crippen LogP contribution in [-0.2, 0) is 4.74 Å². The lowest BCUT2D eigenvalue weighted by Gasteiger charge is -2.42. The van der Waals surface area contributed by atoms with E-state index in [2.05, 4.69) is 6.07 Å². The van der Waals surface area contributed by atoms with Crippen molar-refractivity contribution in [2.24, 2.45) is 0 Å². The first kappa shape index (κ1) is 16.3. The molecule has 3 atom stereocenters. The van der Waals surface area contributed by atoms with Gasteiger partial charge in [0.1, 0.15) is 17.6 Å². The molecule has 0 bridgehead atoms. The van der Waals surface area contributed by atoms with E-state index in [9.17, 15) is 0 Å². The number of nitrogens with two attached hydrogens (primary N) is 1. The molecular formula is C21H25NO3. The third-order valence-electron chi connectivity index (χ3n) is 5.51. The Hall–Kier alpha value is -2.20. The van der Waals surface area contributed by atoms with E-state index in [-0.39, 0.29) is 12.2 Å². The van der Waals surface area contributed by atoms with Crippen LogP contribution in [0.5, 0.6) is 11.5 Å². The summed E-state index contributed by atoms with van der Waals surface area (Å²) in [5.41, 5.74) is 10.2. The predicted molar refractivity (Wildman–Crippen MR) is 98.3 cm³/mol. The third kappa shape index (κ3) is 2.74. The topological polar surface area (TPSA) is 53.7 Å². The van der Waals surface area contributed by atoms with Gasteiger partial charge in [0.05, 0.1) is 20.3 Å². The zero-order valence-electron chi connectivity index (χ0n) is 14.8. The van der Waals surface area contributed by atoms with E-state index in [0.717, 1.165) is 41.2 Å². The molecule has 1 aliphatic heterocycles. The Bertz CT molecular complexity index is 774. The number of anilines is 1. The molecular weight excluding hydrogens is 314 g/mol. The molecule has 2 aromatic carbocycles. The van der Waals surface area contributed by atoms with Gasteiger partial charge in [-0.25, -0.2) is 0 Å². The molecule has 2 N–H and O–H groups in total. The second-order valence-electron chi connectivity index (χ2n) is 6.91. The van der Waals surface area contributed by atoms with E-state index < -0.39 is 0 Å². The van der Waals surface area contributed by atoms with E-state index in [1.165, 1.54) is 18.4 Å². The van der Waals surface area contributed by atoms with E-state index in [1.54, 1.807) is 14.2 Å². The average Bonchev–Trinajstić information content (AvgIpc) is 2.66. The maximum absolute atomic E-state index is 6.61. The molecule has 0 aromatic heterocycles. The van der Waals surface area contributed by atoms with Gasteiger partial charge in [0, 0.05) is 22.7 Å². The smallest absolute Gasteiger partial charge is 0.125 e. The second-order valence-corrected chi connectivity index (χ2v) is 6.91. The number of methoxy groups -OCH3 is 2. The van der Waals surface area contributed by atoms with Crippen LogP contribution in [0.15, 0.2) is 36.4 Å². The van der Waals surface area contributed by atoms with Crippen LogP contribution >= 0.6 is 0 Å². The summed E-state index contributed by atoms with van der Waals surface area (Å²) in [6, 6.07) is 11.9. The lowest BCUT2D eigenvalue weighted by molar-refractivity contribution is -0.0406. The summed E-state index contributed by atoms with van der Waals surface area (Å²) in [5.74, 6) is 2.16. The van der Waals surface area contributed by atoms with Gasteiger partial charge >= 0.3 is 0 Å². The maximum atomic E-state index is 6.61. The Morgan fingerprint density at radius 3 is 2.40 bits per heavy atom. The predicted octanol–water partition coefficient (Wildman–Crippen LogP) is 4.43. The van der Waals surface area contributed by atoms with Crippen molar-refractivity contribution < 1.29 is 14.2 Å². The van der Waals surface area contributed by atoms with Crippen LogP contribution in [0, 0.1) is 0 Å². The Kier molecular flexibility index (Phi) is 4.30. The molecule has 0 spiro atoms. The molecule has 2 aromatic rings. The largest absolute Gasteiger partial charge is 0.496 e. The Morgan fingerprint density at radius 2 is 1.68 bits per heavy atom. The van der Waals surface area contributed by atoms with Crippen molar-refractivity contribution in [2.75, 3.05) is 20.0 Å². The highest BCUT2D eigenvalue weighted by Gasteiger charge is 2.41. The van der Waals surface area contributed by atoms with Gasteiger partial charge in [-0.1, -0.05) is 25.0 Å². The Labute approximate surface area is 148 Å². The van der Waals surface area contributed by atoms with Gasteiger partial charge in [-0.05, 0) is 42.7 Å². The van der Waals surface area contributed by atoms with Gasteiger partial charge in [-0.3, -0.25) is 0 Å². The molecule has 0 unspecified atom stereocenters. The van der Waals surface area contributed by atoms with Crippen molar-refractivity contribution in [3.05, 3.63) is 53.1 Å². The lowest BCUT2D eigenvalue weighted by Crippen LogP contribution is -2.34. The molecule has 1 aliphatic carbocycles. The van der Waals surface area contributed by atoms with E-state index >= 15 is 0 Å². The van der Waals surface area contributed by atoms with Crippen LogP contribution in [0.2, 0.25) is 0 Å². The number of hydrogen-bond acceptors (Lipinski definition) is 4. The highest BCUT2D eigenvalue weighted by Crippen LogP contribution is 2.52. The molecule has 132 valence electrons. The van der Waals surface area contributed by atoms with Crippen LogP contribution in [-0.4, -0.2) is 20.3 Å². The number of ether oxygens (including phenoxy) is 3. The molecule has 4 rings (SSSR count). The van der Waals surface area contributed by atoms with Crippen molar-refractivity contribution in [1.82, 2.24) is 0 Å². The fourth-order valence-corrected chi connectivity index (χ4v) is 4.41. The average molecular weight is 339 g/mol. The normalized spacial score (nSPS) is 25.0. The molecule has 2 aliphatic rings. The Balaban J connectivity index is 1.93. The van der Waals surface area contributed by atoms with E-state index in [1.807, 2.05) is 30.3 Å². The van der Waals surface area contributed by atoms with Crippen LogP contribution < -0.4 is 15.2 Å². The number of fused-ring (bicyclic) bond motifs is 3. The standard InChI is InChI=1S/C21H25NO3/c1-23-17-10-11-18(24-2)20-19(17)15-8-3-4-9-16(15)25-21(20)13-6-5-7-14(22)12-13/h5-7,10-12,15-16,21H,3-4,8-9,22H2,1-2H3/t15-,16+,21-/m0/s1. The molecule has 1 fully saturated rings. The van der Waals surface area contributed by atoms with Gasteiger partial charge in [-0.15, -0.1) is 0 Å². The fourth-order valence-electron chi connectivity index (χ4n) is 4.41. The van der Waals surface area contributed by atoms with Crippen molar-refractivity contribution in [1.29, 1.82) is 0 Å². The summed E-state index contributed by atoms with van der Waals surface area (Å²) in [6.07, 6.45) is 4.70. The SMILES string of the molecule is COc1ccc(OC)c2c1[C@H](c1cccc(N)c1)O[C@@H]1CCCC[C@H]21.